The van der Waals surface area contributed by atoms with Gasteiger partial charge in [-0.05, 0) is 44.7 Å². The molecular formula is C21H27N3O3. The Morgan fingerprint density at radius 3 is 2.74 bits per heavy atom. The highest BCUT2D eigenvalue weighted by atomic mass is 16.5. The first kappa shape index (κ1) is 17.2. The third kappa shape index (κ3) is 2.32. The summed E-state index contributed by atoms with van der Waals surface area (Å²) in [6.07, 6.45) is 4.94. The zero-order valence-electron chi connectivity index (χ0n) is 15.8. The van der Waals surface area contributed by atoms with Crippen molar-refractivity contribution in [3.63, 3.8) is 0 Å². The van der Waals surface area contributed by atoms with Crippen molar-refractivity contribution in [2.75, 3.05) is 32.1 Å². The van der Waals surface area contributed by atoms with E-state index >= 15 is 0 Å². The number of likely N-dealkylation sites (tertiary alicyclic amines) is 1. The molecule has 0 aromatic heterocycles. The van der Waals surface area contributed by atoms with Crippen LogP contribution in [-0.4, -0.2) is 60.5 Å². The van der Waals surface area contributed by atoms with Crippen molar-refractivity contribution in [1.29, 1.82) is 0 Å². The predicted octanol–water partition coefficient (Wildman–Crippen LogP) is 1.96. The number of carbonyl (C=O) groups is 2. The number of hydrogen-bond donors (Lipinski definition) is 1. The minimum atomic E-state index is -0.826. The van der Waals surface area contributed by atoms with Gasteiger partial charge in [-0.2, -0.15) is 0 Å². The summed E-state index contributed by atoms with van der Waals surface area (Å²) >= 11 is 0. The largest absolute Gasteiger partial charge is 0.381 e. The quantitative estimate of drug-likeness (QED) is 0.866. The molecule has 3 atom stereocenters. The number of rotatable bonds is 2. The van der Waals surface area contributed by atoms with Crippen LogP contribution < -0.4 is 5.32 Å². The van der Waals surface area contributed by atoms with Gasteiger partial charge in [0.2, 0.25) is 11.8 Å². The molecular weight excluding hydrogens is 342 g/mol. The molecule has 2 amide bonds. The van der Waals surface area contributed by atoms with Gasteiger partial charge in [0.15, 0.2) is 0 Å². The summed E-state index contributed by atoms with van der Waals surface area (Å²) in [6.45, 7) is 2.33. The van der Waals surface area contributed by atoms with Gasteiger partial charge in [-0.3, -0.25) is 14.5 Å². The molecule has 1 aromatic rings. The summed E-state index contributed by atoms with van der Waals surface area (Å²) in [7, 11) is 1.74. The Morgan fingerprint density at radius 1 is 1.19 bits per heavy atom. The lowest BCUT2D eigenvalue weighted by molar-refractivity contribution is -0.146. The van der Waals surface area contributed by atoms with Crippen LogP contribution in [0.2, 0.25) is 0 Å². The van der Waals surface area contributed by atoms with Gasteiger partial charge >= 0.3 is 0 Å². The van der Waals surface area contributed by atoms with Crippen LogP contribution in [-0.2, 0) is 19.9 Å². The molecule has 0 saturated carbocycles. The fourth-order valence-electron chi connectivity index (χ4n) is 5.90. The highest BCUT2D eigenvalue weighted by Gasteiger charge is 2.65. The smallest absolute Gasteiger partial charge is 0.250 e. The van der Waals surface area contributed by atoms with Gasteiger partial charge in [0, 0.05) is 37.5 Å². The van der Waals surface area contributed by atoms with E-state index in [0.717, 1.165) is 63.0 Å². The second-order valence-corrected chi connectivity index (χ2v) is 8.30. The number of piperidine rings is 1. The number of ether oxygens (including phenoxy) is 1. The lowest BCUT2D eigenvalue weighted by Gasteiger charge is -2.39. The number of amides is 2. The first-order valence-electron chi connectivity index (χ1n) is 10.2. The third-order valence-electron chi connectivity index (χ3n) is 7.16. The molecule has 0 aliphatic carbocycles. The highest BCUT2D eigenvalue weighted by molar-refractivity contribution is 6.09. The van der Waals surface area contributed by atoms with Crippen molar-refractivity contribution >= 4 is 17.5 Å². The molecule has 4 aliphatic heterocycles. The van der Waals surface area contributed by atoms with Crippen molar-refractivity contribution in [3.8, 4) is 0 Å². The lowest BCUT2D eigenvalue weighted by Crippen LogP contribution is -2.55. The van der Waals surface area contributed by atoms with Crippen LogP contribution >= 0.6 is 0 Å². The molecule has 3 saturated heterocycles. The summed E-state index contributed by atoms with van der Waals surface area (Å²) in [4.78, 5) is 31.3. The molecule has 6 nitrogen and oxygen atoms in total. The van der Waals surface area contributed by atoms with E-state index in [1.54, 1.807) is 7.11 Å². The van der Waals surface area contributed by atoms with Crippen LogP contribution in [0.15, 0.2) is 24.3 Å². The fraction of sp³-hybridized carbons (Fsp3) is 0.619. The van der Waals surface area contributed by atoms with Crippen molar-refractivity contribution in [2.24, 2.45) is 5.92 Å². The van der Waals surface area contributed by atoms with Crippen molar-refractivity contribution in [2.45, 2.75) is 49.8 Å². The molecule has 27 heavy (non-hydrogen) atoms. The Balaban J connectivity index is 1.52. The van der Waals surface area contributed by atoms with Crippen LogP contribution in [0.5, 0.6) is 0 Å². The van der Waals surface area contributed by atoms with Gasteiger partial charge in [-0.1, -0.05) is 18.2 Å². The molecule has 1 spiro atoms. The molecule has 5 rings (SSSR count). The first-order chi connectivity index (χ1) is 13.2. The minimum absolute atomic E-state index is 0.0155. The average Bonchev–Trinajstić information content (AvgIpc) is 3.36. The van der Waals surface area contributed by atoms with E-state index < -0.39 is 5.54 Å². The second-order valence-electron chi connectivity index (χ2n) is 8.30. The van der Waals surface area contributed by atoms with E-state index in [-0.39, 0.29) is 23.8 Å². The maximum atomic E-state index is 13.6. The van der Waals surface area contributed by atoms with Gasteiger partial charge in [-0.15, -0.1) is 0 Å². The number of anilines is 1. The maximum Gasteiger partial charge on any atom is 0.250 e. The Labute approximate surface area is 159 Å². The van der Waals surface area contributed by atoms with Gasteiger partial charge < -0.3 is 15.0 Å². The Morgan fingerprint density at radius 2 is 1.96 bits per heavy atom. The molecule has 0 bridgehead atoms. The number of nitrogens with zero attached hydrogens (tertiary/aromatic N) is 2. The van der Waals surface area contributed by atoms with Crippen LogP contribution in [0, 0.1) is 5.92 Å². The zero-order chi connectivity index (χ0) is 18.6. The molecule has 1 aromatic carbocycles. The van der Waals surface area contributed by atoms with Gasteiger partial charge in [0.05, 0.1) is 12.0 Å². The predicted molar refractivity (Wildman–Crippen MR) is 101 cm³/mol. The number of hydrogen-bond acceptors (Lipinski definition) is 4. The Bertz CT molecular complexity index is 774. The van der Waals surface area contributed by atoms with E-state index in [1.807, 2.05) is 29.2 Å². The third-order valence-corrected chi connectivity index (χ3v) is 7.16. The van der Waals surface area contributed by atoms with Gasteiger partial charge in [0.1, 0.15) is 5.54 Å². The van der Waals surface area contributed by atoms with Crippen LogP contribution in [0.1, 0.15) is 37.7 Å². The van der Waals surface area contributed by atoms with Crippen molar-refractivity contribution in [3.05, 3.63) is 29.8 Å². The van der Waals surface area contributed by atoms with E-state index in [4.69, 9.17) is 4.74 Å². The summed E-state index contributed by atoms with van der Waals surface area (Å²) in [5.74, 6) is -0.172. The fourth-order valence-corrected chi connectivity index (χ4v) is 5.90. The highest BCUT2D eigenvalue weighted by Crippen LogP contribution is 2.55. The molecule has 1 N–H and O–H groups in total. The molecule has 3 fully saturated rings. The number of para-hydroxylation sites is 1. The Kier molecular flexibility index (Phi) is 4.02. The van der Waals surface area contributed by atoms with Crippen LogP contribution in [0.25, 0.3) is 0 Å². The van der Waals surface area contributed by atoms with E-state index in [0.29, 0.717) is 6.04 Å². The number of methoxy groups -OCH3 is 1. The number of fused-ring (bicyclic) bond motifs is 4. The van der Waals surface area contributed by atoms with Crippen LogP contribution in [0.4, 0.5) is 5.69 Å². The van der Waals surface area contributed by atoms with Gasteiger partial charge in [0.25, 0.3) is 0 Å². The molecule has 6 heteroatoms. The van der Waals surface area contributed by atoms with E-state index in [2.05, 4.69) is 10.2 Å². The lowest BCUT2D eigenvalue weighted by atomic mass is 9.77. The standard InChI is InChI=1S/C21H27N3O3/c1-27-15-8-11-23(12-9-15)19(25)17-13-14-5-4-10-24(14)21(17)16-6-2-3-7-18(16)22-20(21)26/h2-3,6-7,14-15,17H,4-5,8-13H2,1H3,(H,22,26)/t14-,17-,21+/m1/s1. The zero-order valence-corrected chi connectivity index (χ0v) is 15.8. The normalized spacial score (nSPS) is 33.4. The number of carbonyl (C=O) groups excluding carboxylic acids is 2. The molecule has 4 heterocycles. The molecule has 4 aliphatic rings. The maximum absolute atomic E-state index is 13.6. The molecule has 144 valence electrons. The monoisotopic (exact) mass is 369 g/mol. The second kappa shape index (κ2) is 6.31. The van der Waals surface area contributed by atoms with E-state index in [9.17, 15) is 9.59 Å². The first-order valence-corrected chi connectivity index (χ1v) is 10.2. The Hall–Kier alpha value is -1.92. The summed E-state index contributed by atoms with van der Waals surface area (Å²) in [5, 5.41) is 3.08. The van der Waals surface area contributed by atoms with Crippen LogP contribution in [0.3, 0.4) is 0 Å². The summed E-state index contributed by atoms with van der Waals surface area (Å²) < 4.78 is 5.45. The van der Waals surface area contributed by atoms with Gasteiger partial charge in [-0.25, -0.2) is 0 Å². The SMILES string of the molecule is COC1CCN(C(=O)[C@H]2C[C@H]3CCCN3[C@]23C(=O)Nc2ccccc23)CC1. The van der Waals surface area contributed by atoms with Crippen molar-refractivity contribution < 1.29 is 14.3 Å². The molecule has 0 radical (unpaired) electrons. The summed E-state index contributed by atoms with van der Waals surface area (Å²) in [6, 6.07) is 8.24. The average molecular weight is 369 g/mol. The van der Waals surface area contributed by atoms with Crippen molar-refractivity contribution in [1.82, 2.24) is 9.80 Å². The summed E-state index contributed by atoms with van der Waals surface area (Å²) in [5.41, 5.74) is 1.03. The number of nitrogens with one attached hydrogen (secondary N) is 1. The minimum Gasteiger partial charge on any atom is -0.381 e. The molecule has 0 unspecified atom stereocenters. The number of benzene rings is 1. The topological polar surface area (TPSA) is 61.9 Å². The van der Waals surface area contributed by atoms with E-state index in [1.165, 1.54) is 0 Å².